The molecule has 6 nitrogen and oxygen atoms in total. The minimum atomic E-state index is -0.243. The van der Waals surface area contributed by atoms with Crippen LogP contribution in [-0.2, 0) is 6.54 Å². The van der Waals surface area contributed by atoms with Gasteiger partial charge in [-0.25, -0.2) is 0 Å². The van der Waals surface area contributed by atoms with Gasteiger partial charge in [0.1, 0.15) is 5.69 Å². The molecule has 32 heavy (non-hydrogen) atoms. The number of piperazine rings is 1. The van der Waals surface area contributed by atoms with Crippen molar-refractivity contribution in [1.82, 2.24) is 14.7 Å². The minimum Gasteiger partial charge on any atom is -0.486 e. The summed E-state index contributed by atoms with van der Waals surface area (Å²) in [4.78, 5) is 17.7. The van der Waals surface area contributed by atoms with E-state index in [-0.39, 0.29) is 5.56 Å². The Morgan fingerprint density at radius 3 is 2.31 bits per heavy atom. The van der Waals surface area contributed by atoms with Crippen LogP contribution in [0.25, 0.3) is 5.69 Å². The number of rotatable bonds is 7. The van der Waals surface area contributed by atoms with Gasteiger partial charge in [-0.15, -0.1) is 0 Å². The Bertz CT molecular complexity index is 1090. The van der Waals surface area contributed by atoms with Crippen LogP contribution in [0.15, 0.2) is 59.5 Å². The van der Waals surface area contributed by atoms with Crippen LogP contribution >= 0.6 is 23.2 Å². The number of ether oxygens (including phenoxy) is 1. The molecule has 1 aliphatic rings. The van der Waals surface area contributed by atoms with E-state index in [9.17, 15) is 4.79 Å². The van der Waals surface area contributed by atoms with E-state index in [2.05, 4.69) is 14.9 Å². The molecular weight excluding hydrogens is 447 g/mol. The maximum atomic E-state index is 13.2. The van der Waals surface area contributed by atoms with Crippen molar-refractivity contribution in [2.24, 2.45) is 0 Å². The van der Waals surface area contributed by atoms with Crippen LogP contribution in [0.2, 0.25) is 10.0 Å². The smallest absolute Gasteiger partial charge is 0.316 e. The van der Waals surface area contributed by atoms with Gasteiger partial charge in [0.05, 0.1) is 18.5 Å². The molecule has 0 bridgehead atoms. The molecule has 1 aromatic heterocycles. The van der Waals surface area contributed by atoms with Crippen LogP contribution in [0.5, 0.6) is 5.75 Å². The van der Waals surface area contributed by atoms with E-state index in [4.69, 9.17) is 27.9 Å². The van der Waals surface area contributed by atoms with E-state index in [1.807, 2.05) is 55.5 Å². The van der Waals surface area contributed by atoms with Gasteiger partial charge in [-0.2, -0.15) is 9.78 Å². The summed E-state index contributed by atoms with van der Waals surface area (Å²) in [6, 6.07) is 15.0. The monoisotopic (exact) mass is 472 g/mol. The minimum absolute atomic E-state index is 0.243. The second kappa shape index (κ2) is 10.4. The van der Waals surface area contributed by atoms with Gasteiger partial charge in [0.25, 0.3) is 0 Å². The summed E-state index contributed by atoms with van der Waals surface area (Å²) in [5.74, 6) is 0.355. The van der Waals surface area contributed by atoms with Crippen molar-refractivity contribution in [1.29, 1.82) is 0 Å². The van der Waals surface area contributed by atoms with Crippen molar-refractivity contribution in [3.8, 4) is 11.4 Å². The first-order chi connectivity index (χ1) is 15.6. The molecule has 168 valence electrons. The molecule has 0 atom stereocenters. The SMILES string of the molecule is CCCOc1c(N2CCN(Cc3c(Cl)cccc3Cl)CC2)cnn(-c2ccccc2)c1=O. The lowest BCUT2D eigenvalue weighted by atomic mass is 10.2. The van der Waals surface area contributed by atoms with Crippen LogP contribution in [0.4, 0.5) is 5.69 Å². The molecule has 2 heterocycles. The number of hydrogen-bond acceptors (Lipinski definition) is 5. The zero-order chi connectivity index (χ0) is 22.5. The summed E-state index contributed by atoms with van der Waals surface area (Å²) in [6.45, 7) is 6.33. The molecule has 4 rings (SSSR count). The highest BCUT2D eigenvalue weighted by Crippen LogP contribution is 2.28. The quantitative estimate of drug-likeness (QED) is 0.500. The second-order valence-corrected chi connectivity index (χ2v) is 8.54. The van der Waals surface area contributed by atoms with Crippen LogP contribution in [0.3, 0.4) is 0 Å². The summed E-state index contributed by atoms with van der Waals surface area (Å²) < 4.78 is 7.32. The van der Waals surface area contributed by atoms with Crippen LogP contribution in [-0.4, -0.2) is 47.5 Å². The molecule has 1 fully saturated rings. The number of hydrogen-bond donors (Lipinski definition) is 0. The summed E-state index contributed by atoms with van der Waals surface area (Å²) in [7, 11) is 0. The third kappa shape index (κ3) is 4.93. The summed E-state index contributed by atoms with van der Waals surface area (Å²) in [6.07, 6.45) is 2.55. The average Bonchev–Trinajstić information content (AvgIpc) is 2.81. The standard InChI is InChI=1S/C24H26Cl2N4O2/c1-2-15-32-23-22(16-27-30(24(23)31)18-7-4-3-5-8-18)29-13-11-28(12-14-29)17-19-20(25)9-6-10-21(19)26/h3-10,16H,2,11-15,17H2,1H3. The summed E-state index contributed by atoms with van der Waals surface area (Å²) in [5.41, 5.74) is 2.16. The fourth-order valence-corrected chi connectivity index (χ4v) is 4.32. The molecule has 1 saturated heterocycles. The Morgan fingerprint density at radius 2 is 1.66 bits per heavy atom. The van der Waals surface area contributed by atoms with Gasteiger partial charge >= 0.3 is 5.56 Å². The Labute approximate surface area is 197 Å². The van der Waals surface area contributed by atoms with Crippen LogP contribution in [0, 0.1) is 0 Å². The van der Waals surface area contributed by atoms with Crippen molar-refractivity contribution in [3.63, 3.8) is 0 Å². The first-order valence-electron chi connectivity index (χ1n) is 10.8. The second-order valence-electron chi connectivity index (χ2n) is 7.72. The normalized spacial score (nSPS) is 14.5. The van der Waals surface area contributed by atoms with Crippen molar-refractivity contribution >= 4 is 28.9 Å². The zero-order valence-corrected chi connectivity index (χ0v) is 19.5. The third-order valence-electron chi connectivity index (χ3n) is 5.52. The lowest BCUT2D eigenvalue weighted by Gasteiger charge is -2.36. The highest BCUT2D eigenvalue weighted by atomic mass is 35.5. The number of para-hydroxylation sites is 1. The van der Waals surface area contributed by atoms with E-state index < -0.39 is 0 Å². The Morgan fingerprint density at radius 1 is 0.969 bits per heavy atom. The van der Waals surface area contributed by atoms with E-state index in [1.165, 1.54) is 4.68 Å². The van der Waals surface area contributed by atoms with Crippen molar-refractivity contribution in [2.75, 3.05) is 37.7 Å². The summed E-state index contributed by atoms with van der Waals surface area (Å²) in [5, 5.41) is 5.80. The molecule has 0 spiro atoms. The number of aromatic nitrogens is 2. The molecule has 1 aliphatic heterocycles. The van der Waals surface area contributed by atoms with Crippen molar-refractivity contribution < 1.29 is 4.74 Å². The molecule has 0 N–H and O–H groups in total. The maximum absolute atomic E-state index is 13.2. The van der Waals surface area contributed by atoms with Crippen molar-refractivity contribution in [3.05, 3.63) is 80.7 Å². The fraction of sp³-hybridized carbons (Fsp3) is 0.333. The van der Waals surface area contributed by atoms with Gasteiger partial charge in [0.15, 0.2) is 0 Å². The van der Waals surface area contributed by atoms with Gasteiger partial charge < -0.3 is 9.64 Å². The zero-order valence-electron chi connectivity index (χ0n) is 18.0. The Kier molecular flexibility index (Phi) is 7.35. The molecule has 0 radical (unpaired) electrons. The van der Waals surface area contributed by atoms with E-state index >= 15 is 0 Å². The van der Waals surface area contributed by atoms with Crippen LogP contribution in [0.1, 0.15) is 18.9 Å². The lowest BCUT2D eigenvalue weighted by Crippen LogP contribution is -2.46. The van der Waals surface area contributed by atoms with Crippen molar-refractivity contribution in [2.45, 2.75) is 19.9 Å². The molecular formula is C24H26Cl2N4O2. The maximum Gasteiger partial charge on any atom is 0.316 e. The highest BCUT2D eigenvalue weighted by molar-refractivity contribution is 6.35. The highest BCUT2D eigenvalue weighted by Gasteiger charge is 2.24. The van der Waals surface area contributed by atoms with E-state index in [1.54, 1.807) is 6.20 Å². The molecule has 0 saturated carbocycles. The van der Waals surface area contributed by atoms with Gasteiger partial charge in [0.2, 0.25) is 5.75 Å². The first-order valence-corrected chi connectivity index (χ1v) is 11.5. The topological polar surface area (TPSA) is 50.6 Å². The molecule has 0 amide bonds. The Balaban J connectivity index is 1.53. The molecule has 3 aromatic rings. The van der Waals surface area contributed by atoms with Crippen LogP contribution < -0.4 is 15.2 Å². The predicted molar refractivity (Wildman–Crippen MR) is 130 cm³/mol. The van der Waals surface area contributed by atoms with E-state index in [0.717, 1.165) is 43.9 Å². The Hall–Kier alpha value is -2.54. The van der Waals surface area contributed by atoms with Gasteiger partial charge in [-0.05, 0) is 30.7 Å². The summed E-state index contributed by atoms with van der Waals surface area (Å²) >= 11 is 12.7. The number of nitrogens with zero attached hydrogens (tertiary/aromatic N) is 4. The predicted octanol–water partition coefficient (Wildman–Crippen LogP) is 4.65. The average molecular weight is 473 g/mol. The molecule has 0 aliphatic carbocycles. The lowest BCUT2D eigenvalue weighted by molar-refractivity contribution is 0.248. The number of anilines is 1. The third-order valence-corrected chi connectivity index (χ3v) is 6.23. The number of halogens is 2. The fourth-order valence-electron chi connectivity index (χ4n) is 3.80. The molecule has 0 unspecified atom stereocenters. The largest absolute Gasteiger partial charge is 0.486 e. The molecule has 2 aromatic carbocycles. The first kappa shape index (κ1) is 22.6. The molecule has 8 heteroatoms. The van der Waals surface area contributed by atoms with Gasteiger partial charge in [-0.1, -0.05) is 54.4 Å². The van der Waals surface area contributed by atoms with Gasteiger partial charge in [-0.3, -0.25) is 9.69 Å². The van der Waals surface area contributed by atoms with E-state index in [0.29, 0.717) is 34.6 Å². The number of benzene rings is 2. The van der Waals surface area contributed by atoms with Gasteiger partial charge in [0, 0.05) is 48.3 Å².